The van der Waals surface area contributed by atoms with Gasteiger partial charge in [0.2, 0.25) is 5.91 Å². The Balaban J connectivity index is 0.00000180. The highest BCUT2D eigenvalue weighted by Gasteiger charge is 2.27. The van der Waals surface area contributed by atoms with Crippen LogP contribution in [0.5, 0.6) is 0 Å². The zero-order valence-corrected chi connectivity index (χ0v) is 13.3. The van der Waals surface area contributed by atoms with Gasteiger partial charge in [0.05, 0.1) is 0 Å². The van der Waals surface area contributed by atoms with Crippen LogP contribution in [-0.2, 0) is 11.3 Å². The van der Waals surface area contributed by atoms with E-state index in [-0.39, 0.29) is 42.7 Å². The number of halogens is 2. The van der Waals surface area contributed by atoms with Gasteiger partial charge in [-0.25, -0.2) is 0 Å². The fourth-order valence-electron chi connectivity index (χ4n) is 2.60. The number of pyridine rings is 1. The Kier molecular flexibility index (Phi) is 8.78. The molecule has 1 aliphatic carbocycles. The lowest BCUT2D eigenvalue weighted by molar-refractivity contribution is -0.135. The SMILES string of the molecule is CN(Cc1ccncc1)C(=O)C1CCCC(N)C1.Cl.Cl. The average Bonchev–Trinajstić information content (AvgIpc) is 2.39. The smallest absolute Gasteiger partial charge is 0.225 e. The van der Waals surface area contributed by atoms with Gasteiger partial charge in [-0.05, 0) is 37.0 Å². The van der Waals surface area contributed by atoms with Crippen LogP contribution in [0.15, 0.2) is 24.5 Å². The maximum Gasteiger partial charge on any atom is 0.225 e. The van der Waals surface area contributed by atoms with Gasteiger partial charge in [-0.1, -0.05) is 6.42 Å². The molecule has 0 spiro atoms. The first-order chi connectivity index (χ1) is 8.66. The lowest BCUT2D eigenvalue weighted by atomic mass is 9.85. The molecule has 2 rings (SSSR count). The van der Waals surface area contributed by atoms with E-state index in [2.05, 4.69) is 4.98 Å². The van der Waals surface area contributed by atoms with Crippen molar-refractivity contribution in [3.05, 3.63) is 30.1 Å². The molecule has 1 heterocycles. The lowest BCUT2D eigenvalue weighted by Crippen LogP contribution is -2.38. The molecule has 20 heavy (non-hydrogen) atoms. The number of rotatable bonds is 3. The van der Waals surface area contributed by atoms with Crippen molar-refractivity contribution in [3.8, 4) is 0 Å². The van der Waals surface area contributed by atoms with Crippen LogP contribution in [0.3, 0.4) is 0 Å². The molecule has 1 fully saturated rings. The lowest BCUT2D eigenvalue weighted by Gasteiger charge is -2.29. The number of carbonyl (C=O) groups is 1. The van der Waals surface area contributed by atoms with E-state index in [9.17, 15) is 4.79 Å². The Hall–Kier alpha value is -0.840. The van der Waals surface area contributed by atoms with E-state index in [4.69, 9.17) is 5.73 Å². The van der Waals surface area contributed by atoms with Crippen LogP contribution < -0.4 is 5.73 Å². The molecule has 1 aromatic rings. The standard InChI is InChI=1S/C14H21N3O.2ClH/c1-17(10-11-5-7-16-8-6-11)14(18)12-3-2-4-13(15)9-12;;/h5-8,12-13H,2-4,9-10,15H2,1H3;2*1H. The summed E-state index contributed by atoms with van der Waals surface area (Å²) in [6.07, 6.45) is 7.44. The third-order valence-corrected chi connectivity index (χ3v) is 3.61. The molecule has 2 unspecified atom stereocenters. The summed E-state index contributed by atoms with van der Waals surface area (Å²) >= 11 is 0. The zero-order valence-electron chi connectivity index (χ0n) is 11.7. The van der Waals surface area contributed by atoms with Crippen LogP contribution in [0.4, 0.5) is 0 Å². The van der Waals surface area contributed by atoms with Crippen LogP contribution in [0.25, 0.3) is 0 Å². The quantitative estimate of drug-likeness (QED) is 0.930. The van der Waals surface area contributed by atoms with Gasteiger partial charge in [0, 0.05) is 37.9 Å². The molecule has 0 bridgehead atoms. The van der Waals surface area contributed by atoms with Gasteiger partial charge >= 0.3 is 0 Å². The minimum Gasteiger partial charge on any atom is -0.341 e. The second-order valence-electron chi connectivity index (χ2n) is 5.17. The maximum atomic E-state index is 12.3. The van der Waals surface area contributed by atoms with Crippen molar-refractivity contribution >= 4 is 30.7 Å². The van der Waals surface area contributed by atoms with Crippen molar-refractivity contribution < 1.29 is 4.79 Å². The fraction of sp³-hybridized carbons (Fsp3) is 0.571. The first kappa shape index (κ1) is 19.2. The molecule has 114 valence electrons. The third kappa shape index (κ3) is 5.27. The van der Waals surface area contributed by atoms with Crippen molar-refractivity contribution in [1.29, 1.82) is 0 Å². The number of aromatic nitrogens is 1. The second kappa shape index (κ2) is 9.16. The average molecular weight is 320 g/mol. The summed E-state index contributed by atoms with van der Waals surface area (Å²) in [6, 6.07) is 4.08. The van der Waals surface area contributed by atoms with Gasteiger partial charge in [0.25, 0.3) is 0 Å². The van der Waals surface area contributed by atoms with Crippen LogP contribution in [0.2, 0.25) is 0 Å². The second-order valence-corrected chi connectivity index (χ2v) is 5.17. The monoisotopic (exact) mass is 319 g/mol. The molecule has 4 nitrogen and oxygen atoms in total. The molecule has 1 aromatic heterocycles. The molecule has 0 aromatic carbocycles. The molecule has 6 heteroatoms. The summed E-state index contributed by atoms with van der Waals surface area (Å²) in [6.45, 7) is 0.646. The molecule has 0 radical (unpaired) electrons. The van der Waals surface area contributed by atoms with Crippen molar-refractivity contribution in [3.63, 3.8) is 0 Å². The van der Waals surface area contributed by atoms with Gasteiger partial charge in [-0.2, -0.15) is 0 Å². The Morgan fingerprint density at radius 2 is 2.00 bits per heavy atom. The van der Waals surface area contributed by atoms with Crippen molar-refractivity contribution in [2.75, 3.05) is 7.05 Å². The van der Waals surface area contributed by atoms with Crippen LogP contribution in [0, 0.1) is 5.92 Å². The van der Waals surface area contributed by atoms with Gasteiger partial charge in [0.15, 0.2) is 0 Å². The fourth-order valence-corrected chi connectivity index (χ4v) is 2.60. The Morgan fingerprint density at radius 3 is 2.60 bits per heavy atom. The molecule has 2 N–H and O–H groups in total. The normalized spacial score (nSPS) is 21.3. The summed E-state index contributed by atoms with van der Waals surface area (Å²) in [4.78, 5) is 18.1. The minimum atomic E-state index is 0. The van der Waals surface area contributed by atoms with Crippen LogP contribution in [-0.4, -0.2) is 28.9 Å². The summed E-state index contributed by atoms with van der Waals surface area (Å²) in [5.41, 5.74) is 7.05. The molecule has 2 atom stereocenters. The first-order valence-electron chi connectivity index (χ1n) is 6.56. The van der Waals surface area contributed by atoms with E-state index >= 15 is 0 Å². The molecular formula is C14H23Cl2N3O. The van der Waals surface area contributed by atoms with E-state index in [1.807, 2.05) is 19.2 Å². The molecule has 1 aliphatic rings. The molecule has 0 saturated heterocycles. The summed E-state index contributed by atoms with van der Waals surface area (Å²) in [5.74, 6) is 0.336. The summed E-state index contributed by atoms with van der Waals surface area (Å²) in [7, 11) is 1.86. The number of carbonyl (C=O) groups excluding carboxylic acids is 1. The number of hydrogen-bond acceptors (Lipinski definition) is 3. The van der Waals surface area contributed by atoms with E-state index < -0.39 is 0 Å². The molecule has 1 amide bonds. The largest absolute Gasteiger partial charge is 0.341 e. The van der Waals surface area contributed by atoms with E-state index in [1.54, 1.807) is 17.3 Å². The highest BCUT2D eigenvalue weighted by atomic mass is 35.5. The van der Waals surface area contributed by atoms with Crippen molar-refractivity contribution in [2.24, 2.45) is 11.7 Å². The predicted molar refractivity (Wildman–Crippen MR) is 85.1 cm³/mol. The third-order valence-electron chi connectivity index (χ3n) is 3.61. The topological polar surface area (TPSA) is 59.2 Å². The maximum absolute atomic E-state index is 12.3. The molecule has 1 saturated carbocycles. The van der Waals surface area contributed by atoms with E-state index in [0.29, 0.717) is 6.54 Å². The van der Waals surface area contributed by atoms with Gasteiger partial charge in [-0.15, -0.1) is 24.8 Å². The van der Waals surface area contributed by atoms with E-state index in [0.717, 1.165) is 31.2 Å². The number of amides is 1. The van der Waals surface area contributed by atoms with Crippen molar-refractivity contribution in [2.45, 2.75) is 38.3 Å². The Morgan fingerprint density at radius 1 is 1.35 bits per heavy atom. The molecular weight excluding hydrogens is 297 g/mol. The predicted octanol–water partition coefficient (Wildman–Crippen LogP) is 2.40. The van der Waals surface area contributed by atoms with Gasteiger partial charge in [0.1, 0.15) is 0 Å². The van der Waals surface area contributed by atoms with E-state index in [1.165, 1.54) is 0 Å². The van der Waals surface area contributed by atoms with Gasteiger partial charge < -0.3 is 10.6 Å². The van der Waals surface area contributed by atoms with Gasteiger partial charge in [-0.3, -0.25) is 9.78 Å². The summed E-state index contributed by atoms with van der Waals surface area (Å²) in [5, 5.41) is 0. The summed E-state index contributed by atoms with van der Waals surface area (Å²) < 4.78 is 0. The zero-order chi connectivity index (χ0) is 13.0. The van der Waals surface area contributed by atoms with Crippen LogP contribution in [0.1, 0.15) is 31.2 Å². The highest BCUT2D eigenvalue weighted by molar-refractivity contribution is 5.85. The number of nitrogens with zero attached hydrogens (tertiary/aromatic N) is 2. The Labute approximate surface area is 132 Å². The number of hydrogen-bond donors (Lipinski definition) is 1. The van der Waals surface area contributed by atoms with Crippen LogP contribution >= 0.6 is 24.8 Å². The Bertz CT molecular complexity index is 403. The van der Waals surface area contributed by atoms with Crippen molar-refractivity contribution in [1.82, 2.24) is 9.88 Å². The highest BCUT2D eigenvalue weighted by Crippen LogP contribution is 2.25. The first-order valence-corrected chi connectivity index (χ1v) is 6.56. The minimum absolute atomic E-state index is 0. The number of nitrogens with two attached hydrogens (primary N) is 1. The molecule has 0 aliphatic heterocycles.